The second-order valence-electron chi connectivity index (χ2n) is 5.56. The van der Waals surface area contributed by atoms with Gasteiger partial charge in [0, 0.05) is 25.2 Å². The molecule has 0 aliphatic rings. The van der Waals surface area contributed by atoms with Crippen LogP contribution in [0.5, 0.6) is 5.75 Å². The Bertz CT molecular complexity index is 741. The molecule has 7 nitrogen and oxygen atoms in total. The van der Waals surface area contributed by atoms with Gasteiger partial charge in [0.1, 0.15) is 12.4 Å². The zero-order valence-electron chi connectivity index (χ0n) is 15.5. The molecule has 27 heavy (non-hydrogen) atoms. The third-order valence-corrected chi connectivity index (χ3v) is 3.53. The first-order chi connectivity index (χ1) is 13.2. The standard InChI is InChI=1S/C20H26N4O3/c1-3-13-26-17-9-6-5-8-16(17)15-24-20(21-4-2)23-12-11-22-19(25)18-10-7-14-27-18/h3,5-10,14H,1,4,11-13,15H2,2H3,(H,22,25)(H2,21,23,24). The highest BCUT2D eigenvalue weighted by molar-refractivity contribution is 5.91. The number of para-hydroxylation sites is 1. The lowest BCUT2D eigenvalue weighted by Gasteiger charge is -2.13. The van der Waals surface area contributed by atoms with E-state index in [-0.39, 0.29) is 5.91 Å². The van der Waals surface area contributed by atoms with Crippen molar-refractivity contribution >= 4 is 11.9 Å². The summed E-state index contributed by atoms with van der Waals surface area (Å²) in [5, 5.41) is 9.15. The third-order valence-electron chi connectivity index (χ3n) is 3.53. The number of ether oxygens (including phenoxy) is 1. The van der Waals surface area contributed by atoms with Gasteiger partial charge in [0.05, 0.1) is 12.8 Å². The maximum Gasteiger partial charge on any atom is 0.287 e. The first-order valence-corrected chi connectivity index (χ1v) is 8.90. The van der Waals surface area contributed by atoms with Crippen molar-refractivity contribution in [1.82, 2.24) is 16.0 Å². The van der Waals surface area contributed by atoms with Crippen molar-refractivity contribution in [2.45, 2.75) is 13.5 Å². The highest BCUT2D eigenvalue weighted by atomic mass is 16.5. The molecule has 0 unspecified atom stereocenters. The molecule has 3 N–H and O–H groups in total. The van der Waals surface area contributed by atoms with Crippen LogP contribution in [-0.2, 0) is 6.54 Å². The molecule has 0 saturated carbocycles. The van der Waals surface area contributed by atoms with Gasteiger partial charge in [-0.05, 0) is 25.1 Å². The minimum Gasteiger partial charge on any atom is -0.489 e. The van der Waals surface area contributed by atoms with Gasteiger partial charge in [0.15, 0.2) is 11.7 Å². The maximum absolute atomic E-state index is 11.8. The van der Waals surface area contributed by atoms with Crippen LogP contribution >= 0.6 is 0 Å². The lowest BCUT2D eigenvalue weighted by Crippen LogP contribution is -2.41. The van der Waals surface area contributed by atoms with Gasteiger partial charge in [-0.3, -0.25) is 4.79 Å². The molecule has 0 saturated heterocycles. The van der Waals surface area contributed by atoms with Crippen LogP contribution in [0.1, 0.15) is 23.0 Å². The number of amides is 1. The van der Waals surface area contributed by atoms with E-state index in [4.69, 9.17) is 9.15 Å². The summed E-state index contributed by atoms with van der Waals surface area (Å²) < 4.78 is 10.7. The summed E-state index contributed by atoms with van der Waals surface area (Å²) in [4.78, 5) is 16.4. The number of rotatable bonds is 10. The Balaban J connectivity index is 1.85. The molecule has 2 aromatic rings. The van der Waals surface area contributed by atoms with E-state index in [0.29, 0.717) is 38.0 Å². The number of guanidine groups is 1. The van der Waals surface area contributed by atoms with Gasteiger partial charge in [0.2, 0.25) is 0 Å². The normalized spacial score (nSPS) is 10.9. The number of carbonyl (C=O) groups excluding carboxylic acids is 1. The number of benzene rings is 1. The van der Waals surface area contributed by atoms with Gasteiger partial charge in [-0.1, -0.05) is 30.9 Å². The van der Waals surface area contributed by atoms with Gasteiger partial charge < -0.3 is 25.1 Å². The topological polar surface area (TPSA) is 87.9 Å². The summed E-state index contributed by atoms with van der Waals surface area (Å²) in [5.74, 6) is 1.52. The number of hydrogen-bond acceptors (Lipinski definition) is 4. The predicted molar refractivity (Wildman–Crippen MR) is 106 cm³/mol. The quantitative estimate of drug-likeness (QED) is 0.259. The second-order valence-corrected chi connectivity index (χ2v) is 5.56. The molecule has 0 radical (unpaired) electrons. The molecule has 2 rings (SSSR count). The average Bonchev–Trinajstić information content (AvgIpc) is 3.23. The van der Waals surface area contributed by atoms with E-state index in [9.17, 15) is 4.79 Å². The van der Waals surface area contributed by atoms with Gasteiger partial charge >= 0.3 is 0 Å². The van der Waals surface area contributed by atoms with E-state index in [1.54, 1.807) is 18.2 Å². The monoisotopic (exact) mass is 370 g/mol. The van der Waals surface area contributed by atoms with Crippen LogP contribution in [0, 0.1) is 0 Å². The molecule has 0 aliphatic carbocycles. The smallest absolute Gasteiger partial charge is 0.287 e. The van der Waals surface area contributed by atoms with E-state index in [0.717, 1.165) is 17.9 Å². The Morgan fingerprint density at radius 3 is 2.74 bits per heavy atom. The van der Waals surface area contributed by atoms with Crippen LogP contribution in [0.15, 0.2) is 64.7 Å². The number of hydrogen-bond donors (Lipinski definition) is 3. The van der Waals surface area contributed by atoms with E-state index < -0.39 is 0 Å². The first kappa shape index (κ1) is 20.1. The number of carbonyl (C=O) groups is 1. The summed E-state index contributed by atoms with van der Waals surface area (Å²) in [6.45, 7) is 8.31. The molecule has 1 amide bonds. The maximum atomic E-state index is 11.8. The Morgan fingerprint density at radius 1 is 1.19 bits per heavy atom. The summed E-state index contributed by atoms with van der Waals surface area (Å²) in [7, 11) is 0. The number of aliphatic imine (C=N–C) groups is 1. The summed E-state index contributed by atoms with van der Waals surface area (Å²) in [6, 6.07) is 11.1. The minimum absolute atomic E-state index is 0.239. The van der Waals surface area contributed by atoms with Crippen molar-refractivity contribution < 1.29 is 13.9 Å². The van der Waals surface area contributed by atoms with Crippen molar-refractivity contribution in [3.8, 4) is 5.75 Å². The van der Waals surface area contributed by atoms with Crippen LogP contribution in [0.2, 0.25) is 0 Å². The SMILES string of the molecule is C=CCOc1ccccc1CN=C(NCC)NCCNC(=O)c1ccco1. The Hall–Kier alpha value is -3.22. The molecule has 0 atom stereocenters. The van der Waals surface area contributed by atoms with Crippen LogP contribution in [0.3, 0.4) is 0 Å². The molecule has 0 aliphatic heterocycles. The second kappa shape index (κ2) is 11.4. The van der Waals surface area contributed by atoms with Crippen molar-refractivity contribution in [1.29, 1.82) is 0 Å². The lowest BCUT2D eigenvalue weighted by atomic mass is 10.2. The van der Waals surface area contributed by atoms with E-state index in [1.165, 1.54) is 6.26 Å². The fourth-order valence-corrected chi connectivity index (χ4v) is 2.28. The van der Waals surface area contributed by atoms with Crippen molar-refractivity contribution in [3.63, 3.8) is 0 Å². The van der Waals surface area contributed by atoms with Crippen molar-refractivity contribution in [2.24, 2.45) is 4.99 Å². The molecular weight excluding hydrogens is 344 g/mol. The molecule has 1 heterocycles. The predicted octanol–water partition coefficient (Wildman–Crippen LogP) is 2.33. The van der Waals surface area contributed by atoms with E-state index in [2.05, 4.69) is 27.5 Å². The number of nitrogens with one attached hydrogen (secondary N) is 3. The Morgan fingerprint density at radius 2 is 2.00 bits per heavy atom. The molecule has 1 aromatic carbocycles. The molecule has 1 aromatic heterocycles. The zero-order chi connectivity index (χ0) is 19.3. The number of nitrogens with zero attached hydrogens (tertiary/aromatic N) is 1. The van der Waals surface area contributed by atoms with Crippen LogP contribution in [0.4, 0.5) is 0 Å². The molecule has 7 heteroatoms. The first-order valence-electron chi connectivity index (χ1n) is 8.90. The fraction of sp³-hybridized carbons (Fsp3) is 0.300. The molecule has 0 spiro atoms. The summed E-state index contributed by atoms with van der Waals surface area (Å²) in [5.41, 5.74) is 0.989. The van der Waals surface area contributed by atoms with E-state index >= 15 is 0 Å². The van der Waals surface area contributed by atoms with Crippen LogP contribution < -0.4 is 20.7 Å². The minimum atomic E-state index is -0.239. The summed E-state index contributed by atoms with van der Waals surface area (Å²) in [6.07, 6.45) is 3.18. The van der Waals surface area contributed by atoms with Gasteiger partial charge in [-0.15, -0.1) is 0 Å². The molecule has 144 valence electrons. The summed E-state index contributed by atoms with van der Waals surface area (Å²) >= 11 is 0. The Kier molecular flexibility index (Phi) is 8.49. The van der Waals surface area contributed by atoms with Crippen LogP contribution in [0.25, 0.3) is 0 Å². The Labute approximate surface area is 159 Å². The highest BCUT2D eigenvalue weighted by Crippen LogP contribution is 2.18. The van der Waals surface area contributed by atoms with Crippen molar-refractivity contribution in [3.05, 3.63) is 66.6 Å². The zero-order valence-corrected chi connectivity index (χ0v) is 15.5. The fourth-order valence-electron chi connectivity index (χ4n) is 2.28. The molecular formula is C20H26N4O3. The van der Waals surface area contributed by atoms with Gasteiger partial charge in [-0.2, -0.15) is 0 Å². The molecule has 0 bridgehead atoms. The lowest BCUT2D eigenvalue weighted by molar-refractivity contribution is 0.0926. The largest absolute Gasteiger partial charge is 0.489 e. The van der Waals surface area contributed by atoms with E-state index in [1.807, 2.05) is 31.2 Å². The average molecular weight is 370 g/mol. The van der Waals surface area contributed by atoms with Crippen LogP contribution in [-0.4, -0.2) is 38.1 Å². The van der Waals surface area contributed by atoms with Gasteiger partial charge in [-0.25, -0.2) is 4.99 Å². The van der Waals surface area contributed by atoms with Gasteiger partial charge in [0.25, 0.3) is 5.91 Å². The third kappa shape index (κ3) is 6.89. The van der Waals surface area contributed by atoms with Crippen molar-refractivity contribution in [2.75, 3.05) is 26.2 Å². The highest BCUT2D eigenvalue weighted by Gasteiger charge is 2.07. The number of furan rings is 1. The molecule has 0 fully saturated rings.